The normalized spacial score (nSPS) is 13.2. The Bertz CT molecular complexity index is 696. The van der Waals surface area contributed by atoms with Crippen LogP contribution in [0.4, 0.5) is 4.39 Å². The van der Waals surface area contributed by atoms with E-state index in [9.17, 15) is 9.18 Å². The molecule has 0 aliphatic heterocycles. The van der Waals surface area contributed by atoms with Gasteiger partial charge in [-0.3, -0.25) is 5.32 Å². The molecule has 0 aliphatic carbocycles. The lowest BCUT2D eigenvalue weighted by molar-refractivity contribution is -0.149. The van der Waals surface area contributed by atoms with Crippen LogP contribution in [0.15, 0.2) is 48.5 Å². The van der Waals surface area contributed by atoms with Crippen LogP contribution in [-0.4, -0.2) is 25.2 Å². The van der Waals surface area contributed by atoms with Gasteiger partial charge in [0.2, 0.25) is 0 Å². The molecule has 24 heavy (non-hydrogen) atoms. The molecule has 0 saturated heterocycles. The Hall–Kier alpha value is -2.11. The molecule has 0 amide bonds. The lowest BCUT2D eigenvalue weighted by Crippen LogP contribution is -2.54. The number of methoxy groups -OCH3 is 1. The standard InChI is InChI=1S/C18H19ClFNO3/c1-18(17(22)23-2,12-24-15-6-4-3-5-7-15)21-11-13-8-9-14(20)10-16(13)19/h3-10,21H,11-12H2,1-2H3. The van der Waals surface area contributed by atoms with E-state index in [1.807, 2.05) is 18.2 Å². The van der Waals surface area contributed by atoms with Crippen LogP contribution in [0, 0.1) is 5.82 Å². The van der Waals surface area contributed by atoms with Crippen LogP contribution >= 0.6 is 11.6 Å². The van der Waals surface area contributed by atoms with Crippen molar-refractivity contribution in [3.05, 3.63) is 64.9 Å². The molecule has 128 valence electrons. The smallest absolute Gasteiger partial charge is 0.329 e. The van der Waals surface area contributed by atoms with E-state index in [4.69, 9.17) is 21.1 Å². The molecular formula is C18H19ClFNO3. The number of para-hydroxylation sites is 1. The molecule has 0 bridgehead atoms. The number of carbonyl (C=O) groups excluding carboxylic acids is 1. The van der Waals surface area contributed by atoms with Gasteiger partial charge in [0.1, 0.15) is 23.7 Å². The van der Waals surface area contributed by atoms with Gasteiger partial charge in [0, 0.05) is 11.6 Å². The molecule has 6 heteroatoms. The number of benzene rings is 2. The SMILES string of the molecule is COC(=O)C(C)(COc1ccccc1)NCc1ccc(F)cc1Cl. The second kappa shape index (κ2) is 8.13. The third kappa shape index (κ3) is 4.69. The summed E-state index contributed by atoms with van der Waals surface area (Å²) in [4.78, 5) is 12.2. The largest absolute Gasteiger partial charge is 0.491 e. The molecule has 4 nitrogen and oxygen atoms in total. The van der Waals surface area contributed by atoms with Gasteiger partial charge in [-0.15, -0.1) is 0 Å². The summed E-state index contributed by atoms with van der Waals surface area (Å²) in [6.45, 7) is 2.02. The van der Waals surface area contributed by atoms with Crippen LogP contribution in [0.5, 0.6) is 5.75 Å². The van der Waals surface area contributed by atoms with Crippen molar-refractivity contribution >= 4 is 17.6 Å². The zero-order valence-corrected chi connectivity index (χ0v) is 14.3. The molecule has 0 radical (unpaired) electrons. The highest BCUT2D eigenvalue weighted by Crippen LogP contribution is 2.19. The summed E-state index contributed by atoms with van der Waals surface area (Å²) in [6.07, 6.45) is 0. The number of esters is 1. The molecule has 1 N–H and O–H groups in total. The first-order valence-corrected chi connectivity index (χ1v) is 7.77. The Labute approximate surface area is 145 Å². The van der Waals surface area contributed by atoms with E-state index in [1.54, 1.807) is 25.1 Å². The van der Waals surface area contributed by atoms with Gasteiger partial charge >= 0.3 is 5.97 Å². The van der Waals surface area contributed by atoms with Crippen LogP contribution in [0.3, 0.4) is 0 Å². The number of nitrogens with one attached hydrogen (secondary N) is 1. The van der Waals surface area contributed by atoms with Gasteiger partial charge in [-0.05, 0) is 36.8 Å². The van der Waals surface area contributed by atoms with Crippen molar-refractivity contribution in [2.24, 2.45) is 0 Å². The van der Waals surface area contributed by atoms with E-state index in [0.717, 1.165) is 0 Å². The van der Waals surface area contributed by atoms with Crippen LogP contribution in [0.2, 0.25) is 5.02 Å². The van der Waals surface area contributed by atoms with Crippen molar-refractivity contribution in [3.8, 4) is 5.75 Å². The quantitative estimate of drug-likeness (QED) is 0.775. The van der Waals surface area contributed by atoms with Gasteiger partial charge in [0.05, 0.1) is 7.11 Å². The molecule has 2 aromatic carbocycles. The van der Waals surface area contributed by atoms with Crippen molar-refractivity contribution in [3.63, 3.8) is 0 Å². The average molecular weight is 352 g/mol. The van der Waals surface area contributed by atoms with E-state index >= 15 is 0 Å². The zero-order valence-electron chi connectivity index (χ0n) is 13.5. The van der Waals surface area contributed by atoms with Crippen molar-refractivity contribution in [2.75, 3.05) is 13.7 Å². The fraction of sp³-hybridized carbons (Fsp3) is 0.278. The van der Waals surface area contributed by atoms with E-state index in [2.05, 4.69) is 5.32 Å². The molecular weight excluding hydrogens is 333 g/mol. The predicted octanol–water partition coefficient (Wildman–Crippen LogP) is 3.58. The highest BCUT2D eigenvalue weighted by molar-refractivity contribution is 6.31. The van der Waals surface area contributed by atoms with Crippen LogP contribution in [-0.2, 0) is 16.1 Å². The second-order valence-corrected chi connectivity index (χ2v) is 5.92. The zero-order chi connectivity index (χ0) is 17.6. The maximum Gasteiger partial charge on any atom is 0.329 e. The number of carbonyl (C=O) groups is 1. The second-order valence-electron chi connectivity index (χ2n) is 5.51. The predicted molar refractivity (Wildman–Crippen MR) is 90.6 cm³/mol. The van der Waals surface area contributed by atoms with Crippen LogP contribution < -0.4 is 10.1 Å². The minimum Gasteiger partial charge on any atom is -0.491 e. The van der Waals surface area contributed by atoms with E-state index < -0.39 is 17.3 Å². The third-order valence-electron chi connectivity index (χ3n) is 3.59. The highest BCUT2D eigenvalue weighted by Gasteiger charge is 2.35. The number of rotatable bonds is 7. The number of ether oxygens (including phenoxy) is 2. The molecule has 0 fully saturated rings. The summed E-state index contributed by atoms with van der Waals surface area (Å²) in [7, 11) is 1.32. The van der Waals surface area contributed by atoms with E-state index in [-0.39, 0.29) is 13.2 Å². The summed E-state index contributed by atoms with van der Waals surface area (Å²) >= 11 is 6.02. The Kier molecular flexibility index (Phi) is 6.17. The minimum atomic E-state index is -1.08. The van der Waals surface area contributed by atoms with Crippen molar-refractivity contribution in [1.82, 2.24) is 5.32 Å². The van der Waals surface area contributed by atoms with Crippen molar-refractivity contribution in [2.45, 2.75) is 19.0 Å². The Balaban J connectivity index is 2.07. The molecule has 0 aliphatic rings. The Morgan fingerprint density at radius 3 is 2.58 bits per heavy atom. The number of halogens is 2. The summed E-state index contributed by atoms with van der Waals surface area (Å²) in [5.74, 6) is -0.224. The van der Waals surface area contributed by atoms with Gasteiger partial charge < -0.3 is 9.47 Å². The molecule has 0 heterocycles. The number of hydrogen-bond donors (Lipinski definition) is 1. The van der Waals surface area contributed by atoms with E-state index in [1.165, 1.54) is 19.2 Å². The van der Waals surface area contributed by atoms with Crippen molar-refractivity contribution in [1.29, 1.82) is 0 Å². The van der Waals surface area contributed by atoms with Crippen molar-refractivity contribution < 1.29 is 18.7 Å². The fourth-order valence-corrected chi connectivity index (χ4v) is 2.34. The maximum absolute atomic E-state index is 13.1. The lowest BCUT2D eigenvalue weighted by Gasteiger charge is -2.28. The first-order chi connectivity index (χ1) is 11.4. The molecule has 0 saturated carbocycles. The first kappa shape index (κ1) is 18.2. The van der Waals surface area contributed by atoms with Gasteiger partial charge in [-0.25, -0.2) is 9.18 Å². The Morgan fingerprint density at radius 1 is 1.25 bits per heavy atom. The maximum atomic E-state index is 13.1. The topological polar surface area (TPSA) is 47.6 Å². The molecule has 2 aromatic rings. The molecule has 0 aromatic heterocycles. The van der Waals surface area contributed by atoms with Gasteiger partial charge in [-0.1, -0.05) is 35.9 Å². The molecule has 0 spiro atoms. The Morgan fingerprint density at radius 2 is 1.96 bits per heavy atom. The van der Waals surface area contributed by atoms with E-state index in [0.29, 0.717) is 16.3 Å². The van der Waals surface area contributed by atoms with Gasteiger partial charge in [0.15, 0.2) is 0 Å². The lowest BCUT2D eigenvalue weighted by atomic mass is 10.0. The fourth-order valence-electron chi connectivity index (χ4n) is 2.11. The summed E-state index contributed by atoms with van der Waals surface area (Å²) < 4.78 is 23.7. The third-order valence-corrected chi connectivity index (χ3v) is 3.94. The number of hydrogen-bond acceptors (Lipinski definition) is 4. The highest BCUT2D eigenvalue weighted by atomic mass is 35.5. The molecule has 1 atom stereocenters. The van der Waals surface area contributed by atoms with Crippen LogP contribution in [0.1, 0.15) is 12.5 Å². The molecule has 1 unspecified atom stereocenters. The summed E-state index contributed by atoms with van der Waals surface area (Å²) in [6, 6.07) is 13.3. The minimum absolute atomic E-state index is 0.0719. The van der Waals surface area contributed by atoms with Crippen LogP contribution in [0.25, 0.3) is 0 Å². The average Bonchev–Trinajstić information content (AvgIpc) is 2.59. The van der Waals surface area contributed by atoms with Gasteiger partial charge in [0.25, 0.3) is 0 Å². The summed E-state index contributed by atoms with van der Waals surface area (Å²) in [5.41, 5.74) is -0.407. The van der Waals surface area contributed by atoms with Gasteiger partial charge in [-0.2, -0.15) is 0 Å². The first-order valence-electron chi connectivity index (χ1n) is 7.40. The monoisotopic (exact) mass is 351 g/mol. The summed E-state index contributed by atoms with van der Waals surface area (Å²) in [5, 5.41) is 3.38. The molecule has 2 rings (SSSR count).